The minimum absolute atomic E-state index is 0.0213. The van der Waals surface area contributed by atoms with Gasteiger partial charge in [-0.1, -0.05) is 0 Å². The van der Waals surface area contributed by atoms with Gasteiger partial charge in [0, 0.05) is 12.2 Å². The predicted molar refractivity (Wildman–Crippen MR) is 104 cm³/mol. The van der Waals surface area contributed by atoms with Crippen LogP contribution in [0.2, 0.25) is 0 Å². The minimum atomic E-state index is -0.931. The van der Waals surface area contributed by atoms with E-state index in [9.17, 15) is 8.78 Å². The molecule has 1 aliphatic heterocycles. The molecule has 4 aromatic rings. The zero-order valence-corrected chi connectivity index (χ0v) is 16.0. The molecule has 1 aliphatic rings. The summed E-state index contributed by atoms with van der Waals surface area (Å²) >= 11 is 0. The molecular weight excluding hydrogens is 376 g/mol. The van der Waals surface area contributed by atoms with Crippen LogP contribution in [0.15, 0.2) is 36.8 Å². The predicted octanol–water partition coefficient (Wildman–Crippen LogP) is 3.64. The average molecular weight is 395 g/mol. The maximum atomic E-state index is 14.2. The fourth-order valence-electron chi connectivity index (χ4n) is 4.12. The fourth-order valence-corrected chi connectivity index (χ4v) is 4.12. The van der Waals surface area contributed by atoms with Gasteiger partial charge < -0.3 is 9.88 Å². The van der Waals surface area contributed by atoms with E-state index in [1.807, 2.05) is 13.0 Å². The second-order valence-corrected chi connectivity index (χ2v) is 7.50. The molecule has 1 aromatic carbocycles. The van der Waals surface area contributed by atoms with E-state index in [2.05, 4.69) is 37.0 Å². The van der Waals surface area contributed by atoms with Crippen LogP contribution in [-0.2, 0) is 5.54 Å². The Labute approximate surface area is 165 Å². The number of nitrogens with one attached hydrogen (secondary N) is 1. The zero-order valence-electron chi connectivity index (χ0n) is 16.0. The molecule has 0 bridgehead atoms. The van der Waals surface area contributed by atoms with Crippen LogP contribution >= 0.6 is 0 Å². The summed E-state index contributed by atoms with van der Waals surface area (Å²) in [5.41, 5.74) is 2.50. The van der Waals surface area contributed by atoms with Gasteiger partial charge in [0.25, 0.3) is 0 Å². The number of fused-ring (bicyclic) bond motifs is 1. The second-order valence-electron chi connectivity index (χ2n) is 7.50. The van der Waals surface area contributed by atoms with Crippen LogP contribution in [0.5, 0.6) is 0 Å². The molecule has 0 saturated carbocycles. The molecule has 0 amide bonds. The van der Waals surface area contributed by atoms with Crippen molar-refractivity contribution in [1.82, 2.24) is 29.9 Å². The lowest BCUT2D eigenvalue weighted by Crippen LogP contribution is -2.40. The summed E-state index contributed by atoms with van der Waals surface area (Å²) in [6.45, 7) is 4.76. The number of H-pyrrole nitrogens is 1. The summed E-state index contributed by atoms with van der Waals surface area (Å²) in [6, 6.07) is 4.62. The van der Waals surface area contributed by atoms with Crippen molar-refractivity contribution < 1.29 is 8.78 Å². The smallest absolute Gasteiger partial charge is 0.186 e. The third-order valence-electron chi connectivity index (χ3n) is 5.62. The van der Waals surface area contributed by atoms with E-state index >= 15 is 0 Å². The number of rotatable bonds is 3. The number of anilines is 1. The van der Waals surface area contributed by atoms with Gasteiger partial charge in [-0.25, -0.2) is 13.8 Å². The number of pyridine rings is 1. The monoisotopic (exact) mass is 395 g/mol. The summed E-state index contributed by atoms with van der Waals surface area (Å²) < 4.78 is 27.9. The molecule has 1 atom stereocenters. The van der Waals surface area contributed by atoms with Crippen molar-refractivity contribution in [2.75, 3.05) is 11.4 Å². The van der Waals surface area contributed by atoms with Gasteiger partial charge in [-0.2, -0.15) is 10.2 Å². The number of aryl methyl sites for hydroxylation is 1. The van der Waals surface area contributed by atoms with Gasteiger partial charge in [-0.3, -0.25) is 4.98 Å². The van der Waals surface area contributed by atoms with Gasteiger partial charge in [0.2, 0.25) is 0 Å². The number of aromatic amines is 1. The van der Waals surface area contributed by atoms with Gasteiger partial charge in [0.05, 0.1) is 35.3 Å². The summed E-state index contributed by atoms with van der Waals surface area (Å²) in [4.78, 5) is 15.8. The maximum absolute atomic E-state index is 14.2. The first-order chi connectivity index (χ1) is 14.0. The van der Waals surface area contributed by atoms with E-state index in [0.717, 1.165) is 42.5 Å². The summed E-state index contributed by atoms with van der Waals surface area (Å²) in [7, 11) is 0. The van der Waals surface area contributed by atoms with E-state index < -0.39 is 17.2 Å². The molecule has 0 aliphatic carbocycles. The van der Waals surface area contributed by atoms with Crippen LogP contribution in [0.4, 0.5) is 14.5 Å². The summed E-state index contributed by atoms with van der Waals surface area (Å²) in [5.74, 6) is -1.23. The van der Waals surface area contributed by atoms with Crippen LogP contribution < -0.4 is 4.90 Å². The molecule has 9 heteroatoms. The zero-order chi connectivity index (χ0) is 20.2. The van der Waals surface area contributed by atoms with Crippen molar-refractivity contribution in [2.24, 2.45) is 0 Å². The van der Waals surface area contributed by atoms with Crippen molar-refractivity contribution in [1.29, 1.82) is 0 Å². The molecule has 5 rings (SSSR count). The van der Waals surface area contributed by atoms with Gasteiger partial charge in [0.15, 0.2) is 11.6 Å². The molecule has 7 nitrogen and oxygen atoms in total. The van der Waals surface area contributed by atoms with Gasteiger partial charge in [0.1, 0.15) is 17.0 Å². The molecular formula is C20H19F2N7. The molecule has 0 spiro atoms. The maximum Gasteiger partial charge on any atom is 0.186 e. The highest BCUT2D eigenvalue weighted by atomic mass is 19.2. The normalized spacial score (nSPS) is 19.4. The van der Waals surface area contributed by atoms with E-state index in [0.29, 0.717) is 11.3 Å². The van der Waals surface area contributed by atoms with Gasteiger partial charge in [-0.05, 0) is 44.9 Å². The molecule has 4 heterocycles. The molecule has 29 heavy (non-hydrogen) atoms. The van der Waals surface area contributed by atoms with Crippen LogP contribution in [0.25, 0.3) is 16.7 Å². The first-order valence-electron chi connectivity index (χ1n) is 9.42. The SMILES string of the molecule is Cc1cc(N2CCC[C@@]2(C)c2nc3c(F)c(F)ccc3[nH]2)c(-n2nccn2)cn1. The highest BCUT2D eigenvalue weighted by molar-refractivity contribution is 5.76. The van der Waals surface area contributed by atoms with E-state index in [1.54, 1.807) is 18.6 Å². The molecule has 1 N–H and O–H groups in total. The van der Waals surface area contributed by atoms with Crippen LogP contribution in [0, 0.1) is 18.6 Å². The largest absolute Gasteiger partial charge is 0.357 e. The Bertz CT molecular complexity index is 1200. The molecule has 0 radical (unpaired) electrons. The lowest BCUT2D eigenvalue weighted by molar-refractivity contribution is 0.465. The third-order valence-corrected chi connectivity index (χ3v) is 5.62. The van der Waals surface area contributed by atoms with E-state index in [1.165, 1.54) is 10.9 Å². The minimum Gasteiger partial charge on any atom is -0.357 e. The fraction of sp³-hybridized carbons (Fsp3) is 0.300. The van der Waals surface area contributed by atoms with Crippen molar-refractivity contribution in [3.05, 3.63) is 59.9 Å². The Balaban J connectivity index is 1.66. The topological polar surface area (TPSA) is 75.5 Å². The van der Waals surface area contributed by atoms with Gasteiger partial charge in [-0.15, -0.1) is 4.80 Å². The number of aromatic nitrogens is 6. The number of hydrogen-bond donors (Lipinski definition) is 1. The number of hydrogen-bond acceptors (Lipinski definition) is 5. The Hall–Kier alpha value is -3.36. The number of nitrogens with zero attached hydrogens (tertiary/aromatic N) is 6. The quantitative estimate of drug-likeness (QED) is 0.573. The Morgan fingerprint density at radius 2 is 1.93 bits per heavy atom. The van der Waals surface area contributed by atoms with Crippen molar-refractivity contribution in [3.63, 3.8) is 0 Å². The number of benzene rings is 1. The Kier molecular flexibility index (Phi) is 3.87. The Morgan fingerprint density at radius 1 is 1.14 bits per heavy atom. The van der Waals surface area contributed by atoms with Crippen molar-refractivity contribution >= 4 is 16.7 Å². The molecule has 3 aromatic heterocycles. The lowest BCUT2D eigenvalue weighted by Gasteiger charge is -2.36. The number of imidazole rings is 1. The number of halogens is 2. The molecule has 0 unspecified atom stereocenters. The average Bonchev–Trinajstić information content (AvgIpc) is 3.44. The molecule has 1 fully saturated rings. The van der Waals surface area contributed by atoms with E-state index in [4.69, 9.17) is 0 Å². The standard InChI is InChI=1S/C20H19F2N7/c1-12-10-15(16(11-23-12)29-24-7-8-25-29)28-9-3-6-20(28,2)19-26-14-5-4-13(21)17(22)18(14)27-19/h4-5,7-8,10-11H,3,6,9H2,1-2H3,(H,26,27)/t20-/m0/s1. The van der Waals surface area contributed by atoms with Gasteiger partial charge >= 0.3 is 0 Å². The van der Waals surface area contributed by atoms with Crippen LogP contribution in [0.3, 0.4) is 0 Å². The first kappa shape index (κ1) is 17.7. The summed E-state index contributed by atoms with van der Waals surface area (Å²) in [5, 5.41) is 8.50. The Morgan fingerprint density at radius 3 is 2.72 bits per heavy atom. The first-order valence-corrected chi connectivity index (χ1v) is 9.42. The molecule has 148 valence electrons. The third kappa shape index (κ3) is 2.68. The van der Waals surface area contributed by atoms with Crippen molar-refractivity contribution in [2.45, 2.75) is 32.2 Å². The lowest BCUT2D eigenvalue weighted by atomic mass is 9.97. The van der Waals surface area contributed by atoms with Crippen LogP contribution in [0.1, 0.15) is 31.3 Å². The summed E-state index contributed by atoms with van der Waals surface area (Å²) in [6.07, 6.45) is 6.71. The highest BCUT2D eigenvalue weighted by Gasteiger charge is 2.42. The van der Waals surface area contributed by atoms with Crippen LogP contribution in [-0.4, -0.2) is 36.5 Å². The molecule has 1 saturated heterocycles. The van der Waals surface area contributed by atoms with E-state index in [-0.39, 0.29) is 5.52 Å². The highest BCUT2D eigenvalue weighted by Crippen LogP contribution is 2.43. The second kappa shape index (κ2) is 6.33. The van der Waals surface area contributed by atoms with Crippen molar-refractivity contribution in [3.8, 4) is 5.69 Å².